The first kappa shape index (κ1) is 16.6. The average Bonchev–Trinajstić information content (AvgIpc) is 3.09. The summed E-state index contributed by atoms with van der Waals surface area (Å²) in [6, 6.07) is 7.68. The van der Waals surface area contributed by atoms with E-state index in [2.05, 4.69) is 14.9 Å². The van der Waals surface area contributed by atoms with E-state index in [-0.39, 0.29) is 12.7 Å². The molecule has 2 aromatic rings. The van der Waals surface area contributed by atoms with Crippen molar-refractivity contribution in [3.8, 4) is 11.5 Å². The van der Waals surface area contributed by atoms with Gasteiger partial charge in [-0.2, -0.15) is 0 Å². The van der Waals surface area contributed by atoms with Gasteiger partial charge < -0.3 is 19.3 Å². The second kappa shape index (κ2) is 6.82. The van der Waals surface area contributed by atoms with E-state index in [0.29, 0.717) is 19.5 Å². The third-order valence-electron chi connectivity index (χ3n) is 4.70. The summed E-state index contributed by atoms with van der Waals surface area (Å²) < 4.78 is 10.7. The number of anilines is 1. The van der Waals surface area contributed by atoms with Crippen LogP contribution in [0, 0.1) is 13.8 Å². The van der Waals surface area contributed by atoms with Crippen molar-refractivity contribution in [2.24, 2.45) is 0 Å². The average molecular weight is 354 g/mol. The molecule has 1 aromatic heterocycles. The fourth-order valence-corrected chi connectivity index (χ4v) is 3.38. The molecule has 0 saturated carbocycles. The molecule has 0 spiro atoms. The summed E-state index contributed by atoms with van der Waals surface area (Å²) in [5.41, 5.74) is 1.91. The maximum Gasteiger partial charge on any atom is 0.231 e. The van der Waals surface area contributed by atoms with Gasteiger partial charge in [-0.05, 0) is 31.5 Å². The maximum atomic E-state index is 12.6. The van der Waals surface area contributed by atoms with Crippen LogP contribution in [0.2, 0.25) is 0 Å². The van der Waals surface area contributed by atoms with Crippen LogP contribution in [0.5, 0.6) is 11.5 Å². The van der Waals surface area contributed by atoms with E-state index in [1.165, 1.54) is 0 Å². The molecule has 0 unspecified atom stereocenters. The van der Waals surface area contributed by atoms with E-state index in [1.54, 1.807) is 0 Å². The molecule has 26 heavy (non-hydrogen) atoms. The molecule has 0 bridgehead atoms. The summed E-state index contributed by atoms with van der Waals surface area (Å²) in [5.74, 6) is 3.32. The normalized spacial score (nSPS) is 16.1. The number of benzene rings is 1. The van der Waals surface area contributed by atoms with Crippen LogP contribution in [-0.2, 0) is 11.2 Å². The fourth-order valence-electron chi connectivity index (χ4n) is 3.38. The van der Waals surface area contributed by atoms with E-state index < -0.39 is 0 Å². The molecule has 1 aromatic carbocycles. The molecule has 0 aliphatic carbocycles. The molecular formula is C19H22N4O3. The van der Waals surface area contributed by atoms with Crippen molar-refractivity contribution in [3.05, 3.63) is 41.3 Å². The van der Waals surface area contributed by atoms with Crippen LogP contribution < -0.4 is 14.4 Å². The van der Waals surface area contributed by atoms with E-state index in [4.69, 9.17) is 9.47 Å². The number of aryl methyl sites for hydroxylation is 2. The Bertz CT molecular complexity index is 811. The van der Waals surface area contributed by atoms with Gasteiger partial charge in [0.1, 0.15) is 11.6 Å². The van der Waals surface area contributed by atoms with Gasteiger partial charge in [0, 0.05) is 37.9 Å². The van der Waals surface area contributed by atoms with Gasteiger partial charge in [0.05, 0.1) is 6.42 Å². The van der Waals surface area contributed by atoms with Gasteiger partial charge in [-0.15, -0.1) is 0 Å². The van der Waals surface area contributed by atoms with Crippen molar-refractivity contribution in [1.82, 2.24) is 14.9 Å². The van der Waals surface area contributed by atoms with Crippen LogP contribution >= 0.6 is 0 Å². The smallest absolute Gasteiger partial charge is 0.231 e. The molecule has 0 atom stereocenters. The molecule has 0 radical (unpaired) electrons. The Labute approximate surface area is 152 Å². The van der Waals surface area contributed by atoms with E-state index >= 15 is 0 Å². The summed E-state index contributed by atoms with van der Waals surface area (Å²) in [5, 5.41) is 0. The van der Waals surface area contributed by atoms with Crippen LogP contribution in [0.3, 0.4) is 0 Å². The molecule has 7 heteroatoms. The van der Waals surface area contributed by atoms with E-state index in [1.807, 2.05) is 43.0 Å². The number of carbonyl (C=O) groups is 1. The number of nitrogens with zero attached hydrogens (tertiary/aromatic N) is 4. The van der Waals surface area contributed by atoms with Gasteiger partial charge in [-0.1, -0.05) is 6.07 Å². The largest absolute Gasteiger partial charge is 0.454 e. The molecule has 1 saturated heterocycles. The van der Waals surface area contributed by atoms with Gasteiger partial charge in [0.15, 0.2) is 11.5 Å². The van der Waals surface area contributed by atoms with Crippen LogP contribution in [-0.4, -0.2) is 53.7 Å². The van der Waals surface area contributed by atoms with Crippen molar-refractivity contribution >= 4 is 11.7 Å². The highest BCUT2D eigenvalue weighted by molar-refractivity contribution is 5.79. The lowest BCUT2D eigenvalue weighted by Crippen LogP contribution is -2.49. The Morgan fingerprint density at radius 3 is 2.58 bits per heavy atom. The molecule has 1 fully saturated rings. The van der Waals surface area contributed by atoms with Crippen molar-refractivity contribution in [1.29, 1.82) is 0 Å². The zero-order chi connectivity index (χ0) is 18.1. The number of hydrogen-bond donors (Lipinski definition) is 0. The number of amides is 1. The highest BCUT2D eigenvalue weighted by atomic mass is 16.7. The first-order valence-corrected chi connectivity index (χ1v) is 8.82. The summed E-state index contributed by atoms with van der Waals surface area (Å²) >= 11 is 0. The number of rotatable bonds is 3. The number of fused-ring (bicyclic) bond motifs is 1. The predicted octanol–water partition coefficient (Wildman–Crippen LogP) is 1.71. The fraction of sp³-hybridized carbons (Fsp3) is 0.421. The number of piperazine rings is 1. The third-order valence-corrected chi connectivity index (χ3v) is 4.70. The molecule has 1 amide bonds. The molecule has 0 N–H and O–H groups in total. The van der Waals surface area contributed by atoms with Crippen molar-refractivity contribution in [3.63, 3.8) is 0 Å². The lowest BCUT2D eigenvalue weighted by atomic mass is 10.1. The second-order valence-electron chi connectivity index (χ2n) is 6.65. The Morgan fingerprint density at radius 2 is 1.81 bits per heavy atom. The maximum absolute atomic E-state index is 12.6. The zero-order valence-corrected chi connectivity index (χ0v) is 15.1. The van der Waals surface area contributed by atoms with Gasteiger partial charge in [0.25, 0.3) is 0 Å². The monoisotopic (exact) mass is 354 g/mol. The zero-order valence-electron chi connectivity index (χ0n) is 15.1. The first-order valence-electron chi connectivity index (χ1n) is 8.82. The first-order chi connectivity index (χ1) is 12.6. The summed E-state index contributed by atoms with van der Waals surface area (Å²) in [6.45, 7) is 7.09. The minimum Gasteiger partial charge on any atom is -0.454 e. The van der Waals surface area contributed by atoms with E-state index in [9.17, 15) is 4.79 Å². The molecule has 2 aliphatic rings. The minimum atomic E-state index is 0.138. The number of hydrogen-bond acceptors (Lipinski definition) is 6. The SMILES string of the molecule is Cc1cc(N2CCN(C(=O)Cc3ccc4c(c3)OCO4)CC2)nc(C)n1. The van der Waals surface area contributed by atoms with Gasteiger partial charge in [0.2, 0.25) is 12.7 Å². The Kier molecular flexibility index (Phi) is 4.36. The Balaban J connectivity index is 1.36. The number of carbonyl (C=O) groups excluding carboxylic acids is 1. The topological polar surface area (TPSA) is 67.8 Å². The highest BCUT2D eigenvalue weighted by Gasteiger charge is 2.23. The molecule has 2 aliphatic heterocycles. The standard InChI is InChI=1S/C19H22N4O3/c1-13-9-18(21-14(2)20-13)22-5-7-23(8-6-22)19(24)11-15-3-4-16-17(10-15)26-12-25-16/h3-4,9-10H,5-8,11-12H2,1-2H3. The van der Waals surface area contributed by atoms with Crippen LogP contribution in [0.25, 0.3) is 0 Å². The molecular weight excluding hydrogens is 332 g/mol. The number of ether oxygens (including phenoxy) is 2. The van der Waals surface area contributed by atoms with Gasteiger partial charge in [-0.25, -0.2) is 9.97 Å². The molecule has 4 rings (SSSR count). The third kappa shape index (κ3) is 3.42. The lowest BCUT2D eigenvalue weighted by molar-refractivity contribution is -0.130. The molecule has 7 nitrogen and oxygen atoms in total. The quantitative estimate of drug-likeness (QED) is 0.836. The summed E-state index contributed by atoms with van der Waals surface area (Å²) in [4.78, 5) is 25.6. The Morgan fingerprint density at radius 1 is 1.04 bits per heavy atom. The van der Waals surface area contributed by atoms with Crippen molar-refractivity contribution in [2.45, 2.75) is 20.3 Å². The summed E-state index contributed by atoms with van der Waals surface area (Å²) in [6.07, 6.45) is 0.377. The Hall–Kier alpha value is -2.83. The summed E-state index contributed by atoms with van der Waals surface area (Å²) in [7, 11) is 0. The minimum absolute atomic E-state index is 0.138. The lowest BCUT2D eigenvalue weighted by Gasteiger charge is -2.35. The second-order valence-corrected chi connectivity index (χ2v) is 6.65. The van der Waals surface area contributed by atoms with Crippen LogP contribution in [0.1, 0.15) is 17.1 Å². The predicted molar refractivity (Wildman–Crippen MR) is 96.6 cm³/mol. The molecule has 3 heterocycles. The van der Waals surface area contributed by atoms with Crippen molar-refractivity contribution < 1.29 is 14.3 Å². The van der Waals surface area contributed by atoms with Gasteiger partial charge in [-0.3, -0.25) is 4.79 Å². The highest BCUT2D eigenvalue weighted by Crippen LogP contribution is 2.32. The van der Waals surface area contributed by atoms with Crippen molar-refractivity contribution in [2.75, 3.05) is 37.9 Å². The van der Waals surface area contributed by atoms with Crippen LogP contribution in [0.15, 0.2) is 24.3 Å². The van der Waals surface area contributed by atoms with E-state index in [0.717, 1.165) is 47.5 Å². The van der Waals surface area contributed by atoms with Crippen LogP contribution in [0.4, 0.5) is 5.82 Å². The van der Waals surface area contributed by atoms with Gasteiger partial charge >= 0.3 is 0 Å². The molecule has 136 valence electrons. The number of aromatic nitrogens is 2.